The van der Waals surface area contributed by atoms with Crippen LogP contribution in [0.4, 0.5) is 0 Å². The van der Waals surface area contributed by atoms with Crippen LogP contribution < -0.4 is 0 Å². The molecule has 2 saturated carbocycles. The second kappa shape index (κ2) is 11.5. The first-order valence-corrected chi connectivity index (χ1v) is 10.6. The van der Waals surface area contributed by atoms with E-state index in [4.69, 9.17) is 9.47 Å². The zero-order valence-corrected chi connectivity index (χ0v) is 16.0. The summed E-state index contributed by atoms with van der Waals surface area (Å²) in [5, 5.41) is 0. The molecule has 0 aromatic heterocycles. The molecule has 2 rings (SSSR count). The molecular formula is C21H36O4. The molecular weight excluding hydrogens is 316 g/mol. The fraction of sp³-hybridized carbons (Fsp3) is 0.905. The Kier molecular flexibility index (Phi) is 9.35. The summed E-state index contributed by atoms with van der Waals surface area (Å²) >= 11 is 0. The monoisotopic (exact) mass is 352 g/mol. The van der Waals surface area contributed by atoms with Gasteiger partial charge in [-0.05, 0) is 57.8 Å². The summed E-state index contributed by atoms with van der Waals surface area (Å²) in [6, 6.07) is 0. The maximum atomic E-state index is 12.3. The predicted molar refractivity (Wildman–Crippen MR) is 98.1 cm³/mol. The highest BCUT2D eigenvalue weighted by Gasteiger charge is 2.32. The number of rotatable bonds is 9. The van der Waals surface area contributed by atoms with Crippen LogP contribution in [0.1, 0.15) is 96.8 Å². The van der Waals surface area contributed by atoms with Gasteiger partial charge in [-0.3, -0.25) is 9.59 Å². The van der Waals surface area contributed by atoms with Gasteiger partial charge >= 0.3 is 11.9 Å². The highest BCUT2D eigenvalue weighted by molar-refractivity contribution is 5.75. The summed E-state index contributed by atoms with van der Waals surface area (Å²) in [6.07, 6.45) is 14.7. The first kappa shape index (κ1) is 20.3. The number of esters is 2. The van der Waals surface area contributed by atoms with E-state index in [0.717, 1.165) is 51.4 Å². The standard InChI is InChI=1S/C21H36O4/c1-2-3-4-5-9-16-24-20(22)17-12-14-18(15-13-17)21(23)25-19-10-7-6-8-11-19/h17-19H,2-16H2,1H3. The fourth-order valence-electron chi connectivity index (χ4n) is 4.00. The summed E-state index contributed by atoms with van der Waals surface area (Å²) in [4.78, 5) is 24.4. The predicted octanol–water partition coefficient (Wildman–Crippen LogP) is 5.18. The van der Waals surface area contributed by atoms with Crippen LogP contribution in [0.2, 0.25) is 0 Å². The van der Waals surface area contributed by atoms with Gasteiger partial charge in [0.05, 0.1) is 18.4 Å². The lowest BCUT2D eigenvalue weighted by Crippen LogP contribution is -2.31. The molecule has 0 saturated heterocycles. The summed E-state index contributed by atoms with van der Waals surface area (Å²) in [7, 11) is 0. The van der Waals surface area contributed by atoms with E-state index in [1.165, 1.54) is 38.5 Å². The first-order valence-electron chi connectivity index (χ1n) is 10.6. The molecule has 0 radical (unpaired) electrons. The van der Waals surface area contributed by atoms with Crippen molar-refractivity contribution in [2.75, 3.05) is 6.61 Å². The Morgan fingerprint density at radius 1 is 0.760 bits per heavy atom. The highest BCUT2D eigenvalue weighted by Crippen LogP contribution is 2.31. The van der Waals surface area contributed by atoms with E-state index in [0.29, 0.717) is 6.61 Å². The van der Waals surface area contributed by atoms with Crippen molar-refractivity contribution in [3.63, 3.8) is 0 Å². The second-order valence-corrected chi connectivity index (χ2v) is 7.83. The summed E-state index contributed by atoms with van der Waals surface area (Å²) in [5.74, 6) is -0.126. The van der Waals surface area contributed by atoms with Crippen molar-refractivity contribution in [2.45, 2.75) is 103 Å². The third-order valence-corrected chi connectivity index (χ3v) is 5.72. The number of carbonyl (C=O) groups excluding carboxylic acids is 2. The van der Waals surface area contributed by atoms with Crippen molar-refractivity contribution in [1.82, 2.24) is 0 Å². The van der Waals surface area contributed by atoms with E-state index in [9.17, 15) is 9.59 Å². The largest absolute Gasteiger partial charge is 0.465 e. The molecule has 4 heteroatoms. The topological polar surface area (TPSA) is 52.6 Å². The Morgan fingerprint density at radius 3 is 2.00 bits per heavy atom. The van der Waals surface area contributed by atoms with E-state index in [1.807, 2.05) is 0 Å². The Morgan fingerprint density at radius 2 is 1.36 bits per heavy atom. The van der Waals surface area contributed by atoms with Crippen LogP contribution in [0.15, 0.2) is 0 Å². The van der Waals surface area contributed by atoms with Gasteiger partial charge in [0.2, 0.25) is 0 Å². The quantitative estimate of drug-likeness (QED) is 0.424. The molecule has 0 aromatic rings. The molecule has 2 aliphatic carbocycles. The minimum absolute atomic E-state index is 0.0139. The number of hydrogen-bond donors (Lipinski definition) is 0. The summed E-state index contributed by atoms with van der Waals surface area (Å²) < 4.78 is 11.1. The van der Waals surface area contributed by atoms with Crippen LogP contribution in [0.5, 0.6) is 0 Å². The maximum Gasteiger partial charge on any atom is 0.309 e. The molecule has 0 spiro atoms. The van der Waals surface area contributed by atoms with Gasteiger partial charge in [-0.1, -0.05) is 39.0 Å². The number of unbranched alkanes of at least 4 members (excludes halogenated alkanes) is 4. The zero-order valence-electron chi connectivity index (χ0n) is 16.0. The number of hydrogen-bond acceptors (Lipinski definition) is 4. The Balaban J connectivity index is 1.58. The number of carbonyl (C=O) groups is 2. The summed E-state index contributed by atoms with van der Waals surface area (Å²) in [6.45, 7) is 2.74. The average Bonchev–Trinajstić information content (AvgIpc) is 2.65. The van der Waals surface area contributed by atoms with Crippen LogP contribution in [-0.4, -0.2) is 24.6 Å². The van der Waals surface area contributed by atoms with Gasteiger partial charge < -0.3 is 9.47 Å². The Labute approximate surface area is 153 Å². The number of ether oxygens (including phenoxy) is 2. The fourth-order valence-corrected chi connectivity index (χ4v) is 4.00. The Bertz CT molecular complexity index is 393. The van der Waals surface area contributed by atoms with Gasteiger partial charge in [-0.2, -0.15) is 0 Å². The molecule has 4 nitrogen and oxygen atoms in total. The van der Waals surface area contributed by atoms with E-state index in [-0.39, 0.29) is 29.9 Å². The lowest BCUT2D eigenvalue weighted by atomic mass is 9.82. The Hall–Kier alpha value is -1.06. The van der Waals surface area contributed by atoms with E-state index in [2.05, 4.69) is 6.92 Å². The highest BCUT2D eigenvalue weighted by atomic mass is 16.5. The molecule has 0 heterocycles. The van der Waals surface area contributed by atoms with Crippen molar-refractivity contribution >= 4 is 11.9 Å². The van der Waals surface area contributed by atoms with E-state index >= 15 is 0 Å². The molecule has 0 aromatic carbocycles. The smallest absolute Gasteiger partial charge is 0.309 e. The molecule has 2 fully saturated rings. The van der Waals surface area contributed by atoms with Gasteiger partial charge in [0, 0.05) is 0 Å². The van der Waals surface area contributed by atoms with Crippen molar-refractivity contribution in [3.8, 4) is 0 Å². The lowest BCUT2D eigenvalue weighted by Gasteiger charge is -2.28. The maximum absolute atomic E-state index is 12.3. The molecule has 0 amide bonds. The third-order valence-electron chi connectivity index (χ3n) is 5.72. The minimum atomic E-state index is -0.0606. The first-order chi connectivity index (χ1) is 12.2. The zero-order chi connectivity index (χ0) is 17.9. The average molecular weight is 353 g/mol. The molecule has 144 valence electrons. The van der Waals surface area contributed by atoms with Gasteiger partial charge in [-0.25, -0.2) is 0 Å². The van der Waals surface area contributed by atoms with Crippen LogP contribution in [0.25, 0.3) is 0 Å². The molecule has 0 aliphatic heterocycles. The summed E-state index contributed by atoms with van der Waals surface area (Å²) in [5.41, 5.74) is 0. The van der Waals surface area contributed by atoms with Crippen molar-refractivity contribution < 1.29 is 19.1 Å². The van der Waals surface area contributed by atoms with Crippen LogP contribution in [0, 0.1) is 11.8 Å². The van der Waals surface area contributed by atoms with Crippen molar-refractivity contribution in [1.29, 1.82) is 0 Å². The molecule has 0 atom stereocenters. The van der Waals surface area contributed by atoms with Gasteiger partial charge in [-0.15, -0.1) is 0 Å². The minimum Gasteiger partial charge on any atom is -0.465 e. The van der Waals surface area contributed by atoms with Gasteiger partial charge in [0.1, 0.15) is 6.10 Å². The van der Waals surface area contributed by atoms with Crippen LogP contribution in [0.3, 0.4) is 0 Å². The molecule has 0 bridgehead atoms. The molecule has 0 N–H and O–H groups in total. The SMILES string of the molecule is CCCCCCCOC(=O)C1CCC(C(=O)OC2CCCCC2)CC1. The van der Waals surface area contributed by atoms with Gasteiger partial charge in [0.15, 0.2) is 0 Å². The molecule has 0 unspecified atom stereocenters. The van der Waals surface area contributed by atoms with E-state index < -0.39 is 0 Å². The van der Waals surface area contributed by atoms with Crippen LogP contribution >= 0.6 is 0 Å². The van der Waals surface area contributed by atoms with Gasteiger partial charge in [0.25, 0.3) is 0 Å². The molecule has 2 aliphatic rings. The van der Waals surface area contributed by atoms with Crippen molar-refractivity contribution in [2.24, 2.45) is 11.8 Å². The molecule has 25 heavy (non-hydrogen) atoms. The van der Waals surface area contributed by atoms with Crippen LogP contribution in [-0.2, 0) is 19.1 Å². The van der Waals surface area contributed by atoms with E-state index in [1.54, 1.807) is 0 Å². The normalized spacial score (nSPS) is 24.7. The van der Waals surface area contributed by atoms with Crippen molar-refractivity contribution in [3.05, 3.63) is 0 Å². The lowest BCUT2D eigenvalue weighted by molar-refractivity contribution is -0.159. The second-order valence-electron chi connectivity index (χ2n) is 7.83. The third kappa shape index (κ3) is 7.37.